The molecule has 0 saturated carbocycles. The lowest BCUT2D eigenvalue weighted by Gasteiger charge is -2.16. The third-order valence-corrected chi connectivity index (χ3v) is 3.48. The summed E-state index contributed by atoms with van der Waals surface area (Å²) < 4.78 is 39.4. The fraction of sp³-hybridized carbons (Fsp3) is 0.312. The van der Waals surface area contributed by atoms with Crippen LogP contribution in [0, 0.1) is 5.92 Å². The van der Waals surface area contributed by atoms with E-state index >= 15 is 0 Å². The average Bonchev–Trinajstić information content (AvgIpc) is 3.01. The molecule has 0 bridgehead atoms. The molecule has 2 aromatic rings. The fourth-order valence-corrected chi connectivity index (χ4v) is 2.14. The van der Waals surface area contributed by atoms with Gasteiger partial charge in [0.2, 0.25) is 0 Å². The smallest absolute Gasteiger partial charge is 0.416 e. The summed E-state index contributed by atoms with van der Waals surface area (Å²) in [6.45, 7) is 3.28. The van der Waals surface area contributed by atoms with Crippen LogP contribution in [0.4, 0.5) is 13.2 Å². The zero-order valence-corrected chi connectivity index (χ0v) is 13.4. The average molecular weight is 355 g/mol. The number of carboxylic acids is 1. The Morgan fingerprint density at radius 3 is 2.48 bits per heavy atom. The molecule has 0 radical (unpaired) electrons. The molecular weight excluding hydrogens is 339 g/mol. The van der Waals surface area contributed by atoms with E-state index < -0.39 is 29.7 Å². The van der Waals surface area contributed by atoms with E-state index in [4.69, 9.17) is 5.11 Å². The third kappa shape index (κ3) is 4.37. The predicted molar refractivity (Wildman–Crippen MR) is 82.3 cm³/mol. The zero-order valence-electron chi connectivity index (χ0n) is 13.4. The molecule has 2 rings (SSSR count). The van der Waals surface area contributed by atoms with Crippen molar-refractivity contribution in [1.82, 2.24) is 15.1 Å². The summed E-state index contributed by atoms with van der Waals surface area (Å²) in [5, 5.41) is 15.3. The van der Waals surface area contributed by atoms with Gasteiger partial charge in [-0.2, -0.15) is 18.3 Å². The number of hydrogen-bond acceptors (Lipinski definition) is 3. The molecule has 0 fully saturated rings. The van der Waals surface area contributed by atoms with Gasteiger partial charge in [0.05, 0.1) is 11.3 Å². The monoisotopic (exact) mass is 355 g/mol. The lowest BCUT2D eigenvalue weighted by molar-refractivity contribution is -0.140. The summed E-state index contributed by atoms with van der Waals surface area (Å²) in [4.78, 5) is 23.2. The first-order chi connectivity index (χ1) is 11.6. The molecular formula is C16H16F3N3O3. The van der Waals surface area contributed by atoms with Crippen LogP contribution in [0.1, 0.15) is 29.9 Å². The molecule has 25 heavy (non-hydrogen) atoms. The zero-order chi connectivity index (χ0) is 18.8. The Morgan fingerprint density at radius 1 is 1.24 bits per heavy atom. The number of alkyl halides is 3. The Bertz CT molecular complexity index is 784. The van der Waals surface area contributed by atoms with Crippen molar-refractivity contribution in [3.8, 4) is 5.69 Å². The van der Waals surface area contributed by atoms with Crippen molar-refractivity contribution in [1.29, 1.82) is 0 Å². The van der Waals surface area contributed by atoms with Gasteiger partial charge in [0, 0.05) is 6.20 Å². The van der Waals surface area contributed by atoms with Crippen LogP contribution in [0.25, 0.3) is 5.69 Å². The molecule has 0 unspecified atom stereocenters. The maximum Gasteiger partial charge on any atom is 0.416 e. The number of hydrogen-bond donors (Lipinski definition) is 2. The van der Waals surface area contributed by atoms with Gasteiger partial charge in [0.25, 0.3) is 5.91 Å². The molecule has 134 valence electrons. The maximum atomic E-state index is 12.8. The lowest BCUT2D eigenvalue weighted by atomic mass is 10.0. The highest BCUT2D eigenvalue weighted by atomic mass is 19.4. The summed E-state index contributed by atoms with van der Waals surface area (Å²) in [5.74, 6) is -2.24. The molecule has 0 aliphatic carbocycles. The summed E-state index contributed by atoms with van der Waals surface area (Å²) in [6.07, 6.45) is -3.16. The van der Waals surface area contributed by atoms with Gasteiger partial charge in [-0.15, -0.1) is 0 Å². The third-order valence-electron chi connectivity index (χ3n) is 3.48. The standard InChI is InChI=1S/C16H16F3N3O3/c1-9(2)13(15(24)25)20-14(23)12-6-7-22(21-12)11-5-3-4-10(8-11)16(17,18)19/h3-9,13H,1-2H3,(H,20,23)(H,24,25)/t13-/m1/s1. The minimum atomic E-state index is -4.49. The Labute approximate surface area is 141 Å². The largest absolute Gasteiger partial charge is 0.480 e. The number of aliphatic carboxylic acids is 1. The van der Waals surface area contributed by atoms with Gasteiger partial charge < -0.3 is 10.4 Å². The first kappa shape index (κ1) is 18.5. The van der Waals surface area contributed by atoms with Gasteiger partial charge in [0.1, 0.15) is 6.04 Å². The Hall–Kier alpha value is -2.84. The highest BCUT2D eigenvalue weighted by molar-refractivity contribution is 5.95. The predicted octanol–water partition coefficient (Wildman–Crippen LogP) is 2.73. The second-order valence-electron chi connectivity index (χ2n) is 5.73. The highest BCUT2D eigenvalue weighted by Crippen LogP contribution is 2.30. The number of rotatable bonds is 5. The van der Waals surface area contributed by atoms with Crippen LogP contribution in [-0.2, 0) is 11.0 Å². The lowest BCUT2D eigenvalue weighted by Crippen LogP contribution is -2.44. The highest BCUT2D eigenvalue weighted by Gasteiger charge is 2.30. The van der Waals surface area contributed by atoms with E-state index in [1.807, 2.05) is 0 Å². The molecule has 1 aromatic heterocycles. The second-order valence-corrected chi connectivity index (χ2v) is 5.73. The molecule has 1 aromatic carbocycles. The van der Waals surface area contributed by atoms with Crippen LogP contribution in [0.2, 0.25) is 0 Å². The number of nitrogens with one attached hydrogen (secondary N) is 1. The van der Waals surface area contributed by atoms with E-state index in [0.29, 0.717) is 0 Å². The van der Waals surface area contributed by atoms with Gasteiger partial charge >= 0.3 is 12.1 Å². The molecule has 9 heteroatoms. The van der Waals surface area contributed by atoms with Crippen LogP contribution < -0.4 is 5.32 Å². The number of halogens is 3. The second kappa shape index (κ2) is 6.96. The minimum absolute atomic E-state index is 0.0932. The van der Waals surface area contributed by atoms with E-state index in [0.717, 1.165) is 16.8 Å². The van der Waals surface area contributed by atoms with Crippen molar-refractivity contribution in [2.75, 3.05) is 0 Å². The van der Waals surface area contributed by atoms with Crippen LogP contribution in [0.15, 0.2) is 36.5 Å². The maximum absolute atomic E-state index is 12.8. The van der Waals surface area contributed by atoms with E-state index in [9.17, 15) is 22.8 Å². The first-order valence-electron chi connectivity index (χ1n) is 7.36. The van der Waals surface area contributed by atoms with Crippen molar-refractivity contribution in [3.63, 3.8) is 0 Å². The Morgan fingerprint density at radius 2 is 1.92 bits per heavy atom. The molecule has 2 N–H and O–H groups in total. The Kier molecular flexibility index (Phi) is 5.15. The van der Waals surface area contributed by atoms with Crippen LogP contribution in [-0.4, -0.2) is 32.8 Å². The minimum Gasteiger partial charge on any atom is -0.480 e. The van der Waals surface area contributed by atoms with Gasteiger partial charge in [-0.1, -0.05) is 19.9 Å². The molecule has 6 nitrogen and oxygen atoms in total. The normalized spacial score (nSPS) is 12.9. The molecule has 0 aliphatic rings. The van der Waals surface area contributed by atoms with Gasteiger partial charge in [-0.3, -0.25) is 4.79 Å². The van der Waals surface area contributed by atoms with Crippen LogP contribution >= 0.6 is 0 Å². The van der Waals surface area contributed by atoms with Crippen molar-refractivity contribution in [3.05, 3.63) is 47.8 Å². The number of benzene rings is 1. The van der Waals surface area contributed by atoms with Gasteiger partial charge in [-0.25, -0.2) is 9.48 Å². The Balaban J connectivity index is 2.23. The first-order valence-corrected chi connectivity index (χ1v) is 7.36. The van der Waals surface area contributed by atoms with E-state index in [1.165, 1.54) is 24.4 Å². The number of nitrogens with zero attached hydrogens (tertiary/aromatic N) is 2. The number of carbonyl (C=O) groups excluding carboxylic acids is 1. The number of aromatic nitrogens is 2. The molecule has 1 atom stereocenters. The van der Waals surface area contributed by atoms with Crippen molar-refractivity contribution >= 4 is 11.9 Å². The molecule has 1 heterocycles. The fourth-order valence-electron chi connectivity index (χ4n) is 2.14. The van der Waals surface area contributed by atoms with E-state index in [2.05, 4.69) is 10.4 Å². The van der Waals surface area contributed by atoms with Crippen LogP contribution in [0.3, 0.4) is 0 Å². The van der Waals surface area contributed by atoms with E-state index in [-0.39, 0.29) is 17.3 Å². The number of carbonyl (C=O) groups is 2. The van der Waals surface area contributed by atoms with Crippen molar-refractivity contribution in [2.24, 2.45) is 5.92 Å². The van der Waals surface area contributed by atoms with Crippen molar-refractivity contribution in [2.45, 2.75) is 26.1 Å². The molecule has 0 saturated heterocycles. The van der Waals surface area contributed by atoms with Gasteiger partial charge in [-0.05, 0) is 30.2 Å². The number of amides is 1. The molecule has 0 spiro atoms. The summed E-state index contributed by atoms with van der Waals surface area (Å²) in [7, 11) is 0. The summed E-state index contributed by atoms with van der Waals surface area (Å²) >= 11 is 0. The molecule has 1 amide bonds. The van der Waals surface area contributed by atoms with Crippen molar-refractivity contribution < 1.29 is 27.9 Å². The van der Waals surface area contributed by atoms with Crippen LogP contribution in [0.5, 0.6) is 0 Å². The quantitative estimate of drug-likeness (QED) is 0.864. The van der Waals surface area contributed by atoms with E-state index in [1.54, 1.807) is 13.8 Å². The topological polar surface area (TPSA) is 84.2 Å². The summed E-state index contributed by atoms with van der Waals surface area (Å²) in [5.41, 5.74) is -0.797. The summed E-state index contributed by atoms with van der Waals surface area (Å²) in [6, 6.07) is 4.70. The van der Waals surface area contributed by atoms with Gasteiger partial charge in [0.15, 0.2) is 5.69 Å². The molecule has 0 aliphatic heterocycles. The SMILES string of the molecule is CC(C)[C@@H](NC(=O)c1ccn(-c2cccc(C(F)(F)F)c2)n1)C(=O)O. The number of carboxylic acid groups (broad SMARTS) is 1.